The molecule has 0 bridgehead atoms. The van der Waals surface area contributed by atoms with Crippen molar-refractivity contribution in [1.29, 1.82) is 0 Å². The summed E-state index contributed by atoms with van der Waals surface area (Å²) in [6, 6.07) is 9.50. The topological polar surface area (TPSA) is 65.0 Å². The molecule has 0 amide bonds. The zero-order chi connectivity index (χ0) is 13.9. The summed E-state index contributed by atoms with van der Waals surface area (Å²) in [6.45, 7) is 0.487. The predicted octanol–water partition coefficient (Wildman–Crippen LogP) is 0.770. The molecule has 1 aromatic carbocycles. The molecule has 0 aliphatic carbocycles. The molecule has 0 spiro atoms. The summed E-state index contributed by atoms with van der Waals surface area (Å²) in [4.78, 5) is 11.8. The molecule has 106 valence electrons. The largest absolute Gasteiger partial charge is 0.454 e. The van der Waals surface area contributed by atoms with E-state index >= 15 is 0 Å². The highest BCUT2D eigenvalue weighted by molar-refractivity contribution is 5.87. The maximum absolute atomic E-state index is 11.8. The highest BCUT2D eigenvalue weighted by Crippen LogP contribution is 2.28. The molecule has 20 heavy (non-hydrogen) atoms. The molecular formula is C15H16O5. The Balaban J connectivity index is 1.56. The summed E-state index contributed by atoms with van der Waals surface area (Å²) < 4.78 is 16.1. The number of carbonyl (C=O) groups excluding carboxylic acids is 1. The molecule has 2 fully saturated rings. The first kappa shape index (κ1) is 13.3. The van der Waals surface area contributed by atoms with Crippen LogP contribution in [0.3, 0.4) is 0 Å². The van der Waals surface area contributed by atoms with Crippen LogP contribution in [0.25, 0.3) is 6.08 Å². The van der Waals surface area contributed by atoms with Gasteiger partial charge < -0.3 is 19.3 Å². The number of fused-ring (bicyclic) bond motifs is 1. The standard InChI is InChI=1S/C15H16O5/c16-11-8-18-15-12(9-19-14(11)15)20-13(17)7-6-10-4-2-1-3-5-10/h1-7,11-12,14-16H,8-9H2/b7-6+/t11-,12-,14-,15+/m1/s1. The van der Waals surface area contributed by atoms with Crippen LogP contribution < -0.4 is 0 Å². The van der Waals surface area contributed by atoms with E-state index in [2.05, 4.69) is 0 Å². The van der Waals surface area contributed by atoms with Gasteiger partial charge in [0.15, 0.2) is 6.10 Å². The van der Waals surface area contributed by atoms with Crippen LogP contribution >= 0.6 is 0 Å². The number of aliphatic hydroxyl groups excluding tert-OH is 1. The third-order valence-corrected chi connectivity index (χ3v) is 3.46. The van der Waals surface area contributed by atoms with Crippen LogP contribution in [-0.4, -0.2) is 48.7 Å². The fourth-order valence-electron chi connectivity index (χ4n) is 2.46. The molecule has 1 aromatic rings. The van der Waals surface area contributed by atoms with E-state index < -0.39 is 18.2 Å². The van der Waals surface area contributed by atoms with Gasteiger partial charge in [-0.2, -0.15) is 0 Å². The van der Waals surface area contributed by atoms with Crippen LogP contribution in [0.15, 0.2) is 36.4 Å². The Labute approximate surface area is 116 Å². The lowest BCUT2D eigenvalue weighted by Gasteiger charge is -2.15. The van der Waals surface area contributed by atoms with Crippen molar-refractivity contribution in [2.75, 3.05) is 13.2 Å². The second-order valence-electron chi connectivity index (χ2n) is 4.88. The first-order valence-electron chi connectivity index (χ1n) is 6.59. The smallest absolute Gasteiger partial charge is 0.331 e. The Morgan fingerprint density at radius 2 is 1.95 bits per heavy atom. The summed E-state index contributed by atoms with van der Waals surface area (Å²) in [6.07, 6.45) is 1.24. The Hall–Kier alpha value is -1.69. The molecule has 0 unspecified atom stereocenters. The second kappa shape index (κ2) is 5.75. The molecule has 2 aliphatic rings. The van der Waals surface area contributed by atoms with Gasteiger partial charge in [0, 0.05) is 6.08 Å². The minimum Gasteiger partial charge on any atom is -0.454 e. The molecule has 2 aliphatic heterocycles. The van der Waals surface area contributed by atoms with Crippen molar-refractivity contribution >= 4 is 12.0 Å². The Morgan fingerprint density at radius 3 is 2.75 bits per heavy atom. The van der Waals surface area contributed by atoms with E-state index in [0.29, 0.717) is 0 Å². The Bertz CT molecular complexity index is 498. The van der Waals surface area contributed by atoms with Crippen LogP contribution in [-0.2, 0) is 19.0 Å². The van der Waals surface area contributed by atoms with Crippen molar-refractivity contribution in [3.05, 3.63) is 42.0 Å². The van der Waals surface area contributed by atoms with E-state index in [1.54, 1.807) is 6.08 Å². The molecule has 5 heteroatoms. The number of aliphatic hydroxyl groups is 1. The zero-order valence-corrected chi connectivity index (χ0v) is 10.8. The summed E-state index contributed by atoms with van der Waals surface area (Å²) in [7, 11) is 0. The SMILES string of the molecule is O=C(/C=C/c1ccccc1)O[C@@H]1CO[C@H]2[C@H]1OC[C@H]2O. The van der Waals surface area contributed by atoms with E-state index in [4.69, 9.17) is 14.2 Å². The summed E-state index contributed by atoms with van der Waals surface area (Å²) in [5, 5.41) is 9.60. The molecule has 2 heterocycles. The fourth-order valence-corrected chi connectivity index (χ4v) is 2.46. The lowest BCUT2D eigenvalue weighted by atomic mass is 10.1. The average Bonchev–Trinajstić information content (AvgIpc) is 3.02. The molecule has 3 rings (SSSR count). The predicted molar refractivity (Wildman–Crippen MR) is 70.8 cm³/mol. The Kier molecular flexibility index (Phi) is 3.82. The van der Waals surface area contributed by atoms with Crippen molar-refractivity contribution < 1.29 is 24.1 Å². The van der Waals surface area contributed by atoms with Gasteiger partial charge >= 0.3 is 5.97 Å². The van der Waals surface area contributed by atoms with E-state index in [0.717, 1.165) is 5.56 Å². The van der Waals surface area contributed by atoms with Gasteiger partial charge in [-0.15, -0.1) is 0 Å². The summed E-state index contributed by atoms with van der Waals surface area (Å²) in [5.74, 6) is -0.437. The third kappa shape index (κ3) is 2.75. The molecule has 0 aromatic heterocycles. The third-order valence-electron chi connectivity index (χ3n) is 3.46. The van der Waals surface area contributed by atoms with Crippen LogP contribution in [0, 0.1) is 0 Å². The quantitative estimate of drug-likeness (QED) is 0.652. The number of hydrogen-bond donors (Lipinski definition) is 1. The first-order chi connectivity index (χ1) is 9.74. The van der Waals surface area contributed by atoms with Gasteiger partial charge in [0.05, 0.1) is 13.2 Å². The van der Waals surface area contributed by atoms with Gasteiger partial charge in [-0.1, -0.05) is 30.3 Å². The van der Waals surface area contributed by atoms with Gasteiger partial charge in [-0.25, -0.2) is 4.79 Å². The van der Waals surface area contributed by atoms with Crippen molar-refractivity contribution in [2.45, 2.75) is 24.4 Å². The van der Waals surface area contributed by atoms with Crippen molar-refractivity contribution in [3.8, 4) is 0 Å². The monoisotopic (exact) mass is 276 g/mol. The van der Waals surface area contributed by atoms with Crippen molar-refractivity contribution in [2.24, 2.45) is 0 Å². The van der Waals surface area contributed by atoms with Gasteiger partial charge in [-0.3, -0.25) is 0 Å². The zero-order valence-electron chi connectivity index (χ0n) is 10.8. The minimum atomic E-state index is -0.636. The number of hydrogen-bond acceptors (Lipinski definition) is 5. The number of benzene rings is 1. The van der Waals surface area contributed by atoms with Gasteiger partial charge in [-0.05, 0) is 11.6 Å². The van der Waals surface area contributed by atoms with Crippen LogP contribution in [0.2, 0.25) is 0 Å². The lowest BCUT2D eigenvalue weighted by molar-refractivity contribution is -0.147. The molecule has 4 atom stereocenters. The highest BCUT2D eigenvalue weighted by Gasteiger charge is 2.48. The fraction of sp³-hybridized carbons (Fsp3) is 0.400. The van der Waals surface area contributed by atoms with Gasteiger partial charge in [0.1, 0.15) is 18.3 Å². The van der Waals surface area contributed by atoms with Crippen LogP contribution in [0.5, 0.6) is 0 Å². The number of ether oxygens (including phenoxy) is 3. The van der Waals surface area contributed by atoms with Crippen LogP contribution in [0.1, 0.15) is 5.56 Å². The maximum atomic E-state index is 11.8. The lowest BCUT2D eigenvalue weighted by Crippen LogP contribution is -2.33. The molecule has 5 nitrogen and oxygen atoms in total. The first-order valence-corrected chi connectivity index (χ1v) is 6.59. The average molecular weight is 276 g/mol. The Morgan fingerprint density at radius 1 is 1.20 bits per heavy atom. The molecule has 1 N–H and O–H groups in total. The summed E-state index contributed by atoms with van der Waals surface area (Å²) in [5.41, 5.74) is 0.928. The number of carbonyl (C=O) groups is 1. The van der Waals surface area contributed by atoms with Gasteiger partial charge in [0.25, 0.3) is 0 Å². The highest BCUT2D eigenvalue weighted by atomic mass is 16.6. The van der Waals surface area contributed by atoms with E-state index in [9.17, 15) is 9.90 Å². The van der Waals surface area contributed by atoms with Crippen molar-refractivity contribution in [1.82, 2.24) is 0 Å². The molecular weight excluding hydrogens is 260 g/mol. The minimum absolute atomic E-state index is 0.225. The maximum Gasteiger partial charge on any atom is 0.331 e. The normalized spacial score (nSPS) is 32.5. The second-order valence-corrected chi connectivity index (χ2v) is 4.88. The van der Waals surface area contributed by atoms with E-state index in [1.165, 1.54) is 6.08 Å². The number of rotatable bonds is 3. The summed E-state index contributed by atoms with van der Waals surface area (Å²) >= 11 is 0. The van der Waals surface area contributed by atoms with E-state index in [-0.39, 0.29) is 25.4 Å². The van der Waals surface area contributed by atoms with E-state index in [1.807, 2.05) is 30.3 Å². The molecule has 0 radical (unpaired) electrons. The number of esters is 1. The van der Waals surface area contributed by atoms with Crippen LogP contribution in [0.4, 0.5) is 0 Å². The van der Waals surface area contributed by atoms with Crippen molar-refractivity contribution in [3.63, 3.8) is 0 Å². The molecule has 2 saturated heterocycles. The molecule has 0 saturated carbocycles. The van der Waals surface area contributed by atoms with Gasteiger partial charge in [0.2, 0.25) is 0 Å².